The Labute approximate surface area is 171 Å². The summed E-state index contributed by atoms with van der Waals surface area (Å²) in [5, 5.41) is 0. The van der Waals surface area contributed by atoms with Gasteiger partial charge in [0.05, 0.1) is 20.8 Å². The van der Waals surface area contributed by atoms with Crippen molar-refractivity contribution in [2.75, 3.05) is 0 Å². The van der Waals surface area contributed by atoms with Crippen LogP contribution in [-0.2, 0) is 21.8 Å². The van der Waals surface area contributed by atoms with Gasteiger partial charge in [-0.2, -0.15) is 0 Å². The molecule has 2 heterocycles. The van der Waals surface area contributed by atoms with Gasteiger partial charge in [-0.3, -0.25) is 4.98 Å². The molecule has 0 N–H and O–H groups in total. The van der Waals surface area contributed by atoms with Crippen LogP contribution in [0.3, 0.4) is 0 Å². The van der Waals surface area contributed by atoms with E-state index in [1.807, 2.05) is 25.3 Å². The molecule has 156 valence electrons. The summed E-state index contributed by atoms with van der Waals surface area (Å²) in [6.07, 6.45) is 2.89. The summed E-state index contributed by atoms with van der Waals surface area (Å²) < 4.78 is 54.1. The second-order valence-electron chi connectivity index (χ2n) is 8.04. The Balaban J connectivity index is 2.06. The average molecular weight is 439 g/mol. The van der Waals surface area contributed by atoms with Gasteiger partial charge >= 0.3 is 0 Å². The summed E-state index contributed by atoms with van der Waals surface area (Å²) in [7, 11) is -2.13. The molecule has 0 saturated heterocycles. The van der Waals surface area contributed by atoms with Crippen molar-refractivity contribution in [1.82, 2.24) is 14.5 Å². The van der Waals surface area contributed by atoms with Crippen molar-refractivity contribution in [2.24, 2.45) is 0 Å². The minimum atomic E-state index is -3.70. The molecule has 9 heteroatoms. The molecule has 0 aliphatic rings. The number of fused-ring (bicyclic) bond motifs is 1. The van der Waals surface area contributed by atoms with E-state index < -0.39 is 15.5 Å². The Morgan fingerprint density at radius 3 is 2.31 bits per heavy atom. The molecule has 1 aromatic carbocycles. The van der Waals surface area contributed by atoms with Crippen molar-refractivity contribution in [1.29, 1.82) is 0 Å². The molecule has 0 bridgehead atoms. The molecule has 1 atom stereocenters. The Bertz CT molecular complexity index is 1120. The van der Waals surface area contributed by atoms with Crippen molar-refractivity contribution in [3.05, 3.63) is 48.5 Å². The maximum atomic E-state index is 13.2. The highest BCUT2D eigenvalue weighted by molar-refractivity contribution is 7.91. The van der Waals surface area contributed by atoms with E-state index in [4.69, 9.17) is 0 Å². The summed E-state index contributed by atoms with van der Waals surface area (Å²) in [5.41, 5.74) is -1.87. The normalized spacial score (nSPS) is 13.2. The van der Waals surface area contributed by atoms with E-state index in [0.29, 0.717) is 12.1 Å². The third-order valence-electron chi connectivity index (χ3n) is 4.55. The number of benzene rings is 1. The van der Waals surface area contributed by atoms with Gasteiger partial charge in [-0.05, 0) is 36.8 Å². The van der Waals surface area contributed by atoms with Gasteiger partial charge < -0.3 is 4.57 Å². The smallest absolute Gasteiger partial charge is 0.259 e. The fourth-order valence-electron chi connectivity index (χ4n) is 3.20. The molecular weight excluding hydrogens is 415 g/mol. The lowest BCUT2D eigenvalue weighted by Crippen LogP contribution is -2.19. The molecule has 2 aromatic heterocycles. The average Bonchev–Trinajstić information content (AvgIpc) is 3.00. The predicted octanol–water partition coefficient (Wildman–Crippen LogP) is 4.81. The van der Waals surface area contributed by atoms with Crippen LogP contribution in [0.4, 0.5) is 8.78 Å². The number of nitrogens with zero attached hydrogens (tertiary/aromatic N) is 3. The molecule has 0 saturated carbocycles. The molecular formula is C20H24F2N3O2PS. The molecule has 0 aliphatic heterocycles. The predicted molar refractivity (Wildman–Crippen MR) is 112 cm³/mol. The first-order valence-electron chi connectivity index (χ1n) is 9.22. The van der Waals surface area contributed by atoms with Crippen molar-refractivity contribution in [3.63, 3.8) is 0 Å². The fraction of sp³-hybridized carbons (Fsp3) is 0.400. The van der Waals surface area contributed by atoms with Crippen LogP contribution in [0.1, 0.15) is 39.4 Å². The number of sulfone groups is 1. The first kappa shape index (κ1) is 21.8. The largest absolute Gasteiger partial charge is 0.328 e. The molecule has 3 aromatic rings. The maximum Gasteiger partial charge on any atom is 0.259 e. The fourth-order valence-corrected chi connectivity index (χ4v) is 4.67. The molecule has 29 heavy (non-hydrogen) atoms. The highest BCUT2D eigenvalue weighted by Crippen LogP contribution is 2.32. The van der Waals surface area contributed by atoms with Gasteiger partial charge in [-0.1, -0.05) is 30.0 Å². The third kappa shape index (κ3) is 4.81. The van der Waals surface area contributed by atoms with E-state index in [1.54, 1.807) is 21.4 Å². The van der Waals surface area contributed by atoms with Gasteiger partial charge in [0.2, 0.25) is 9.84 Å². The first-order valence-corrected chi connectivity index (χ1v) is 11.3. The molecule has 0 spiro atoms. The summed E-state index contributed by atoms with van der Waals surface area (Å²) in [5.74, 6) is 0.734. The molecule has 5 nitrogen and oxygen atoms in total. The van der Waals surface area contributed by atoms with Crippen LogP contribution in [0.15, 0.2) is 52.5 Å². The number of rotatable bonds is 6. The number of hydrogen-bond acceptors (Lipinski definition) is 4. The number of pyridine rings is 1. The van der Waals surface area contributed by atoms with Gasteiger partial charge in [0.1, 0.15) is 5.82 Å². The Morgan fingerprint density at radius 1 is 1.07 bits per heavy atom. The van der Waals surface area contributed by atoms with Crippen LogP contribution in [-0.4, -0.2) is 28.6 Å². The van der Waals surface area contributed by atoms with Crippen LogP contribution in [0, 0.1) is 0 Å². The quantitative estimate of drug-likeness (QED) is 0.517. The van der Waals surface area contributed by atoms with E-state index in [0.717, 1.165) is 11.3 Å². The number of aryl methyl sites for hydroxylation is 1. The van der Waals surface area contributed by atoms with Crippen LogP contribution >= 0.6 is 9.24 Å². The SMILES string of the molecule is CC(C)(C)c1nc2cc(S(=O)(=O)c3ccncc3)ccc2n1CCCC(F)(F)P. The standard InChI is InChI=1S/C20H24F2N3O2PS/c1-19(2,3)18-24-16-13-15(29(26,27)14-7-10-23-11-8-14)5-6-17(16)25(18)12-4-9-20(21,22)28/h5-8,10-11,13H,4,9,12,28H2,1-3H3. The molecule has 3 rings (SSSR count). The van der Waals surface area contributed by atoms with E-state index in [1.165, 1.54) is 30.6 Å². The minimum Gasteiger partial charge on any atom is -0.328 e. The van der Waals surface area contributed by atoms with E-state index in [9.17, 15) is 17.2 Å². The summed E-state index contributed by atoms with van der Waals surface area (Å²) in [6, 6.07) is 7.67. The lowest BCUT2D eigenvalue weighted by atomic mass is 9.95. The zero-order valence-electron chi connectivity index (χ0n) is 16.6. The molecule has 0 fully saturated rings. The summed E-state index contributed by atoms with van der Waals surface area (Å²) >= 11 is 0. The van der Waals surface area contributed by atoms with Crippen molar-refractivity contribution >= 4 is 30.1 Å². The highest BCUT2D eigenvalue weighted by Gasteiger charge is 2.26. The molecule has 0 radical (unpaired) electrons. The van der Waals surface area contributed by atoms with Gasteiger partial charge in [0.15, 0.2) is 0 Å². The second-order valence-corrected chi connectivity index (χ2v) is 10.8. The van der Waals surface area contributed by atoms with Gasteiger partial charge in [-0.25, -0.2) is 22.2 Å². The summed E-state index contributed by atoms with van der Waals surface area (Å²) in [4.78, 5) is 8.81. The molecule has 0 aliphatic carbocycles. The van der Waals surface area contributed by atoms with Gasteiger partial charge in [0.25, 0.3) is 5.66 Å². The maximum absolute atomic E-state index is 13.2. The zero-order chi connectivity index (χ0) is 21.4. The summed E-state index contributed by atoms with van der Waals surface area (Å²) in [6.45, 7) is 6.35. The van der Waals surface area contributed by atoms with E-state index in [2.05, 4.69) is 9.97 Å². The lowest BCUT2D eigenvalue weighted by molar-refractivity contribution is 0.0903. The highest BCUT2D eigenvalue weighted by atomic mass is 32.2. The topological polar surface area (TPSA) is 64.8 Å². The number of halogens is 2. The van der Waals surface area contributed by atoms with Crippen molar-refractivity contribution < 1.29 is 17.2 Å². The van der Waals surface area contributed by atoms with E-state index >= 15 is 0 Å². The third-order valence-corrected chi connectivity index (χ3v) is 6.61. The van der Waals surface area contributed by atoms with Crippen LogP contribution in [0.2, 0.25) is 0 Å². The number of aromatic nitrogens is 3. The van der Waals surface area contributed by atoms with Crippen molar-refractivity contribution in [2.45, 2.75) is 61.0 Å². The van der Waals surface area contributed by atoms with Crippen LogP contribution < -0.4 is 0 Å². The van der Waals surface area contributed by atoms with Gasteiger partial charge in [-0.15, -0.1) is 0 Å². The van der Waals surface area contributed by atoms with Gasteiger partial charge in [0, 0.05) is 30.8 Å². The Morgan fingerprint density at radius 2 is 1.72 bits per heavy atom. The van der Waals surface area contributed by atoms with Crippen LogP contribution in [0.5, 0.6) is 0 Å². The minimum absolute atomic E-state index is 0.137. The van der Waals surface area contributed by atoms with E-state index in [-0.39, 0.29) is 28.0 Å². The number of alkyl halides is 2. The van der Waals surface area contributed by atoms with Crippen LogP contribution in [0.25, 0.3) is 11.0 Å². The number of imidazole rings is 1. The van der Waals surface area contributed by atoms with Crippen molar-refractivity contribution in [3.8, 4) is 0 Å². The molecule has 1 unspecified atom stereocenters. The second kappa shape index (κ2) is 7.73. The Kier molecular flexibility index (Phi) is 5.80. The molecule has 0 amide bonds. The Hall–Kier alpha value is -1.92. The zero-order valence-corrected chi connectivity index (χ0v) is 18.5. The lowest BCUT2D eigenvalue weighted by Gasteiger charge is -2.20. The number of hydrogen-bond donors (Lipinski definition) is 0. The first-order chi connectivity index (χ1) is 13.4. The monoisotopic (exact) mass is 439 g/mol.